The van der Waals surface area contributed by atoms with Crippen molar-refractivity contribution < 1.29 is 9.59 Å². The monoisotopic (exact) mass is 365 g/mol. The van der Waals surface area contributed by atoms with Gasteiger partial charge < -0.3 is 10.6 Å². The van der Waals surface area contributed by atoms with Crippen molar-refractivity contribution in [3.63, 3.8) is 0 Å². The highest BCUT2D eigenvalue weighted by molar-refractivity contribution is 7.17. The van der Waals surface area contributed by atoms with Crippen LogP contribution in [0, 0.1) is 6.92 Å². The molecular formula is C17H20ClN3O2S. The Morgan fingerprint density at radius 2 is 2.00 bits per heavy atom. The second kappa shape index (κ2) is 7.32. The van der Waals surface area contributed by atoms with Crippen LogP contribution in [0.1, 0.15) is 36.1 Å². The molecule has 0 saturated carbocycles. The molecule has 1 aromatic heterocycles. The highest BCUT2D eigenvalue weighted by Gasteiger charge is 2.18. The van der Waals surface area contributed by atoms with Crippen LogP contribution in [0.25, 0.3) is 10.6 Å². The van der Waals surface area contributed by atoms with Gasteiger partial charge in [0, 0.05) is 16.1 Å². The van der Waals surface area contributed by atoms with Gasteiger partial charge >= 0.3 is 0 Å². The molecule has 0 aliphatic heterocycles. The van der Waals surface area contributed by atoms with Crippen molar-refractivity contribution in [1.82, 2.24) is 15.6 Å². The Morgan fingerprint density at radius 3 is 2.62 bits per heavy atom. The summed E-state index contributed by atoms with van der Waals surface area (Å²) in [6.45, 7) is 7.36. The maximum absolute atomic E-state index is 12.3. The molecule has 24 heavy (non-hydrogen) atoms. The smallest absolute Gasteiger partial charge is 0.263 e. The summed E-state index contributed by atoms with van der Waals surface area (Å²) >= 11 is 7.28. The second-order valence-electron chi connectivity index (χ2n) is 6.42. The lowest BCUT2D eigenvalue weighted by Gasteiger charge is -2.20. The summed E-state index contributed by atoms with van der Waals surface area (Å²) in [5.41, 5.74) is 1.16. The van der Waals surface area contributed by atoms with Crippen LogP contribution in [0.4, 0.5) is 0 Å². The molecule has 0 spiro atoms. The van der Waals surface area contributed by atoms with E-state index in [1.807, 2.05) is 32.9 Å². The summed E-state index contributed by atoms with van der Waals surface area (Å²) in [5, 5.41) is 6.77. The maximum Gasteiger partial charge on any atom is 0.263 e. The van der Waals surface area contributed by atoms with Gasteiger partial charge in [-0.05, 0) is 39.8 Å². The van der Waals surface area contributed by atoms with E-state index in [4.69, 9.17) is 11.6 Å². The average Bonchev–Trinajstić information content (AvgIpc) is 2.85. The van der Waals surface area contributed by atoms with E-state index in [0.717, 1.165) is 10.6 Å². The van der Waals surface area contributed by atoms with Crippen LogP contribution in [0.15, 0.2) is 24.3 Å². The summed E-state index contributed by atoms with van der Waals surface area (Å²) in [6.07, 6.45) is 0. The predicted molar refractivity (Wildman–Crippen MR) is 97.5 cm³/mol. The Kier molecular flexibility index (Phi) is 5.62. The van der Waals surface area contributed by atoms with E-state index in [2.05, 4.69) is 15.6 Å². The summed E-state index contributed by atoms with van der Waals surface area (Å²) in [7, 11) is 0. The minimum absolute atomic E-state index is 0.0695. The fourth-order valence-electron chi connectivity index (χ4n) is 2.06. The number of nitrogens with zero attached hydrogens (tertiary/aromatic N) is 1. The number of hydrogen-bond acceptors (Lipinski definition) is 4. The third-order valence-electron chi connectivity index (χ3n) is 3.00. The Hall–Kier alpha value is -1.92. The Balaban J connectivity index is 2.07. The van der Waals surface area contributed by atoms with Crippen molar-refractivity contribution >= 4 is 34.8 Å². The zero-order valence-corrected chi connectivity index (χ0v) is 15.6. The van der Waals surface area contributed by atoms with Crippen LogP contribution in [0.3, 0.4) is 0 Å². The zero-order valence-electron chi connectivity index (χ0n) is 14.1. The SMILES string of the molecule is Cc1nc(-c2cccc(Cl)c2)sc1C(=O)NCC(=O)NC(C)(C)C. The third-order valence-corrected chi connectivity index (χ3v) is 4.44. The van der Waals surface area contributed by atoms with Gasteiger partial charge in [-0.15, -0.1) is 11.3 Å². The molecule has 1 aromatic carbocycles. The molecule has 2 aromatic rings. The van der Waals surface area contributed by atoms with Crippen molar-refractivity contribution in [3.05, 3.63) is 39.9 Å². The first-order valence-corrected chi connectivity index (χ1v) is 8.68. The molecule has 0 saturated heterocycles. The van der Waals surface area contributed by atoms with Gasteiger partial charge in [-0.2, -0.15) is 0 Å². The molecule has 7 heteroatoms. The topological polar surface area (TPSA) is 71.1 Å². The highest BCUT2D eigenvalue weighted by Crippen LogP contribution is 2.29. The molecule has 1 heterocycles. The van der Waals surface area contributed by atoms with Crippen LogP contribution in [0.5, 0.6) is 0 Å². The largest absolute Gasteiger partial charge is 0.350 e. The Labute approximate surface area is 150 Å². The summed E-state index contributed by atoms with van der Waals surface area (Å²) < 4.78 is 0. The molecule has 0 bridgehead atoms. The van der Waals surface area contributed by atoms with E-state index >= 15 is 0 Å². The fourth-order valence-corrected chi connectivity index (χ4v) is 3.22. The number of aromatic nitrogens is 1. The molecule has 0 aliphatic rings. The molecular weight excluding hydrogens is 346 g/mol. The number of rotatable bonds is 4. The minimum atomic E-state index is -0.331. The molecule has 0 atom stereocenters. The van der Waals surface area contributed by atoms with Crippen molar-refractivity contribution in [2.45, 2.75) is 33.2 Å². The number of hydrogen-bond donors (Lipinski definition) is 2. The number of amides is 2. The Morgan fingerprint density at radius 1 is 1.29 bits per heavy atom. The van der Waals surface area contributed by atoms with Gasteiger partial charge in [0.1, 0.15) is 9.88 Å². The molecule has 0 fully saturated rings. The normalized spacial score (nSPS) is 11.2. The molecule has 2 amide bonds. The number of nitrogens with one attached hydrogen (secondary N) is 2. The first-order valence-electron chi connectivity index (χ1n) is 7.48. The van der Waals surface area contributed by atoms with Gasteiger partial charge in [-0.3, -0.25) is 9.59 Å². The molecule has 2 N–H and O–H groups in total. The summed E-state index contributed by atoms with van der Waals surface area (Å²) in [6, 6.07) is 7.32. The van der Waals surface area contributed by atoms with Gasteiger partial charge in [0.25, 0.3) is 5.91 Å². The fraction of sp³-hybridized carbons (Fsp3) is 0.353. The van der Waals surface area contributed by atoms with Gasteiger partial charge in [0.2, 0.25) is 5.91 Å². The quantitative estimate of drug-likeness (QED) is 0.872. The van der Waals surface area contributed by atoms with E-state index in [-0.39, 0.29) is 23.9 Å². The van der Waals surface area contributed by atoms with Crippen LogP contribution >= 0.6 is 22.9 Å². The number of halogens is 1. The minimum Gasteiger partial charge on any atom is -0.350 e. The lowest BCUT2D eigenvalue weighted by Crippen LogP contribution is -2.45. The van der Waals surface area contributed by atoms with Gasteiger partial charge in [-0.1, -0.05) is 23.7 Å². The first kappa shape index (κ1) is 18.4. The van der Waals surface area contributed by atoms with Crippen molar-refractivity contribution in [2.75, 3.05) is 6.54 Å². The number of carbonyl (C=O) groups is 2. The van der Waals surface area contributed by atoms with Crippen LogP contribution < -0.4 is 10.6 Å². The third kappa shape index (κ3) is 5.04. The van der Waals surface area contributed by atoms with E-state index in [1.165, 1.54) is 11.3 Å². The lowest BCUT2D eigenvalue weighted by atomic mass is 10.1. The molecule has 5 nitrogen and oxygen atoms in total. The van der Waals surface area contributed by atoms with Crippen molar-refractivity contribution in [2.24, 2.45) is 0 Å². The number of carbonyl (C=O) groups excluding carboxylic acids is 2. The molecule has 0 unspecified atom stereocenters. The van der Waals surface area contributed by atoms with E-state index in [9.17, 15) is 9.59 Å². The van der Waals surface area contributed by atoms with Crippen LogP contribution in [0.2, 0.25) is 5.02 Å². The zero-order chi connectivity index (χ0) is 17.9. The van der Waals surface area contributed by atoms with Gasteiger partial charge in [-0.25, -0.2) is 4.98 Å². The highest BCUT2D eigenvalue weighted by atomic mass is 35.5. The van der Waals surface area contributed by atoms with Crippen molar-refractivity contribution in [3.8, 4) is 10.6 Å². The van der Waals surface area contributed by atoms with E-state index in [0.29, 0.717) is 15.6 Å². The first-order chi connectivity index (χ1) is 11.2. The van der Waals surface area contributed by atoms with Crippen LogP contribution in [-0.2, 0) is 4.79 Å². The number of thiazole rings is 1. The van der Waals surface area contributed by atoms with E-state index < -0.39 is 0 Å². The number of benzene rings is 1. The Bertz CT molecular complexity index is 765. The second-order valence-corrected chi connectivity index (χ2v) is 7.86. The number of aryl methyl sites for hydroxylation is 1. The molecule has 0 aliphatic carbocycles. The molecule has 2 rings (SSSR count). The average molecular weight is 366 g/mol. The van der Waals surface area contributed by atoms with E-state index in [1.54, 1.807) is 19.1 Å². The standard InChI is InChI=1S/C17H20ClN3O2S/c1-10-14(15(23)19-9-13(22)21-17(2,3)4)24-16(20-10)11-6-5-7-12(18)8-11/h5-8H,9H2,1-4H3,(H,19,23)(H,21,22). The summed E-state index contributed by atoms with van der Waals surface area (Å²) in [5.74, 6) is -0.532. The lowest BCUT2D eigenvalue weighted by molar-refractivity contribution is -0.121. The van der Waals surface area contributed by atoms with Gasteiger partial charge in [0.05, 0.1) is 12.2 Å². The predicted octanol–water partition coefficient (Wildman–Crippen LogP) is 3.42. The summed E-state index contributed by atoms with van der Waals surface area (Å²) in [4.78, 5) is 29.0. The molecule has 0 radical (unpaired) electrons. The van der Waals surface area contributed by atoms with Gasteiger partial charge in [0.15, 0.2) is 0 Å². The maximum atomic E-state index is 12.3. The molecule has 128 valence electrons. The van der Waals surface area contributed by atoms with Crippen molar-refractivity contribution in [1.29, 1.82) is 0 Å². The van der Waals surface area contributed by atoms with Crippen LogP contribution in [-0.4, -0.2) is 28.9 Å².